The summed E-state index contributed by atoms with van der Waals surface area (Å²) in [4.78, 5) is 50.4. The molecule has 11 heteroatoms. The molecule has 1 aliphatic heterocycles. The summed E-state index contributed by atoms with van der Waals surface area (Å²) in [6.07, 6.45) is 9.35. The van der Waals surface area contributed by atoms with Crippen LogP contribution in [0.4, 0.5) is 4.39 Å². The summed E-state index contributed by atoms with van der Waals surface area (Å²) in [5.74, 6) is -1.16. The maximum atomic E-state index is 14.9. The lowest BCUT2D eigenvalue weighted by molar-refractivity contribution is -0.150. The normalized spacial score (nSPS) is 16.5. The molecule has 270 valence electrons. The Morgan fingerprint density at radius 2 is 1.61 bits per heavy atom. The summed E-state index contributed by atoms with van der Waals surface area (Å²) >= 11 is 1.35. The van der Waals surface area contributed by atoms with E-state index in [1.54, 1.807) is 18.5 Å². The molecule has 1 unspecified atom stereocenters. The Morgan fingerprint density at radius 3 is 2.22 bits per heavy atom. The van der Waals surface area contributed by atoms with E-state index in [9.17, 15) is 23.9 Å². The number of hydrogen-bond donors (Lipinski definition) is 2. The van der Waals surface area contributed by atoms with Gasteiger partial charge in [-0.1, -0.05) is 89.8 Å². The summed E-state index contributed by atoms with van der Waals surface area (Å²) < 4.78 is 20.8. The average molecular weight is 715 g/mol. The Balaban J connectivity index is 1.24. The molecule has 2 amide bonds. The molecular formula is C40H47FN4O5S. The van der Waals surface area contributed by atoms with E-state index in [1.165, 1.54) is 41.9 Å². The lowest BCUT2D eigenvalue weighted by Crippen LogP contribution is -2.50. The Bertz CT molecular complexity index is 1790. The largest absolute Gasteiger partial charge is 0.494 e. The number of halogens is 1. The van der Waals surface area contributed by atoms with Crippen LogP contribution < -0.4 is 10.1 Å². The molecule has 2 atom stereocenters. The Hall–Kier alpha value is -4.64. The van der Waals surface area contributed by atoms with Crippen LogP contribution >= 0.6 is 11.3 Å². The number of alkyl halides is 1. The first-order valence-electron chi connectivity index (χ1n) is 17.6. The molecule has 1 saturated heterocycles. The van der Waals surface area contributed by atoms with Crippen molar-refractivity contribution in [3.8, 4) is 28.3 Å². The van der Waals surface area contributed by atoms with E-state index >= 15 is 0 Å². The first-order chi connectivity index (χ1) is 24.4. The zero-order valence-electron chi connectivity index (χ0n) is 29.8. The van der Waals surface area contributed by atoms with Gasteiger partial charge in [-0.25, -0.2) is 19.2 Å². The number of aromatic nitrogens is 2. The molecule has 4 aromatic rings. The van der Waals surface area contributed by atoms with Gasteiger partial charge in [0, 0.05) is 47.8 Å². The number of unbranched alkanes of at least 4 members (excludes halogenated alkanes) is 4. The molecule has 2 aromatic heterocycles. The lowest BCUT2D eigenvalue weighted by Gasteiger charge is -2.25. The summed E-state index contributed by atoms with van der Waals surface area (Å²) in [5, 5.41) is 12.2. The van der Waals surface area contributed by atoms with Crippen molar-refractivity contribution in [3.05, 3.63) is 88.4 Å². The van der Waals surface area contributed by atoms with Crippen molar-refractivity contribution in [2.45, 2.75) is 89.8 Å². The molecule has 0 bridgehead atoms. The van der Waals surface area contributed by atoms with Crippen LogP contribution in [0.15, 0.2) is 73.1 Å². The highest BCUT2D eigenvalue weighted by molar-refractivity contribution is 7.14. The zero-order valence-corrected chi connectivity index (χ0v) is 30.6. The summed E-state index contributed by atoms with van der Waals surface area (Å²) in [6.45, 7) is 8.47. The number of carboxylic acid groups (broad SMARTS) is 1. The van der Waals surface area contributed by atoms with Crippen molar-refractivity contribution in [2.24, 2.45) is 0 Å². The molecule has 0 saturated carbocycles. The molecule has 9 nitrogen and oxygen atoms in total. The van der Waals surface area contributed by atoms with Gasteiger partial charge in [0.25, 0.3) is 5.91 Å². The highest BCUT2D eigenvalue weighted by Crippen LogP contribution is 2.30. The molecular weight excluding hydrogens is 668 g/mol. The van der Waals surface area contributed by atoms with Crippen LogP contribution in [0.2, 0.25) is 0 Å². The predicted molar refractivity (Wildman–Crippen MR) is 198 cm³/mol. The number of carbonyl (C=O) groups is 3. The fourth-order valence-corrected chi connectivity index (χ4v) is 6.91. The Morgan fingerprint density at radius 1 is 0.941 bits per heavy atom. The summed E-state index contributed by atoms with van der Waals surface area (Å²) in [7, 11) is 0. The number of ether oxygens (including phenoxy) is 1. The van der Waals surface area contributed by atoms with Crippen LogP contribution in [0.1, 0.15) is 86.3 Å². The van der Waals surface area contributed by atoms with Crippen LogP contribution in [-0.4, -0.2) is 69.2 Å². The van der Waals surface area contributed by atoms with Gasteiger partial charge >= 0.3 is 5.97 Å². The topological polar surface area (TPSA) is 122 Å². The number of carboxylic acids is 1. The number of nitrogens with one attached hydrogen (secondary N) is 1. The Kier molecular flexibility index (Phi) is 12.2. The van der Waals surface area contributed by atoms with Gasteiger partial charge in [0.05, 0.1) is 18.0 Å². The molecule has 2 aromatic carbocycles. The van der Waals surface area contributed by atoms with Gasteiger partial charge in [-0.2, -0.15) is 0 Å². The molecule has 0 spiro atoms. The van der Waals surface area contributed by atoms with Crippen molar-refractivity contribution in [1.82, 2.24) is 20.2 Å². The molecule has 5 rings (SSSR count). The second-order valence-electron chi connectivity index (χ2n) is 14.2. The smallest absolute Gasteiger partial charge is 0.343 e. The third kappa shape index (κ3) is 9.78. The first-order valence-corrected chi connectivity index (χ1v) is 18.4. The monoisotopic (exact) mass is 714 g/mol. The quantitative estimate of drug-likeness (QED) is 0.120. The van der Waals surface area contributed by atoms with Gasteiger partial charge in [-0.15, -0.1) is 11.3 Å². The van der Waals surface area contributed by atoms with E-state index in [1.807, 2.05) is 54.6 Å². The highest BCUT2D eigenvalue weighted by Gasteiger charge is 2.48. The molecule has 2 N–H and O–H groups in total. The SMILES string of the molecule is CCCCCCCOc1ccc(-c2cnc(-c3ccc(C[C@H](NC(=O)c4ccc(C(C)(C)C)s4)C(=O)N4CCC(F)(C(=O)O)C4)cc3)nc2)cc1. The average Bonchev–Trinajstić information content (AvgIpc) is 3.79. The number of hydrogen-bond acceptors (Lipinski definition) is 7. The summed E-state index contributed by atoms with van der Waals surface area (Å²) in [5.41, 5.74) is 0.727. The van der Waals surface area contributed by atoms with Gasteiger partial charge < -0.3 is 20.1 Å². The Labute approximate surface area is 303 Å². The zero-order chi connectivity index (χ0) is 36.6. The van der Waals surface area contributed by atoms with Crippen molar-refractivity contribution in [1.29, 1.82) is 0 Å². The molecule has 0 radical (unpaired) electrons. The van der Waals surface area contributed by atoms with E-state index < -0.39 is 36.0 Å². The van der Waals surface area contributed by atoms with Crippen LogP contribution in [0, 0.1) is 0 Å². The highest BCUT2D eigenvalue weighted by atomic mass is 32.1. The summed E-state index contributed by atoms with van der Waals surface area (Å²) in [6, 6.07) is 17.9. The molecule has 1 fully saturated rings. The van der Waals surface area contributed by atoms with Crippen molar-refractivity contribution in [2.75, 3.05) is 19.7 Å². The van der Waals surface area contributed by atoms with Gasteiger partial charge in [0.15, 0.2) is 5.82 Å². The third-order valence-electron chi connectivity index (χ3n) is 9.09. The van der Waals surface area contributed by atoms with E-state index in [0.717, 1.165) is 39.3 Å². The lowest BCUT2D eigenvalue weighted by atomic mass is 9.95. The molecule has 3 heterocycles. The molecule has 0 aliphatic carbocycles. The molecule has 51 heavy (non-hydrogen) atoms. The number of aliphatic carboxylic acids is 1. The number of amides is 2. The predicted octanol–water partition coefficient (Wildman–Crippen LogP) is 7.89. The molecule has 1 aliphatic rings. The third-order valence-corrected chi connectivity index (χ3v) is 10.6. The number of nitrogens with zero attached hydrogens (tertiary/aromatic N) is 3. The number of carbonyl (C=O) groups excluding carboxylic acids is 2. The van der Waals surface area contributed by atoms with E-state index in [-0.39, 0.29) is 24.8 Å². The standard InChI is InChI=1S/C40H47FN4O5S/c1-5-6-7-8-9-22-50-31-16-14-28(15-17-31)30-24-42-35(43-25-30)29-12-10-27(11-13-29)23-32(37(47)45-21-20-40(41,26-45)38(48)49)44-36(46)33-18-19-34(51-33)39(2,3)4/h10-19,24-25,32H,5-9,20-23,26H2,1-4H3,(H,44,46)(H,48,49)/t32-,40?/m0/s1. The number of likely N-dealkylation sites (tertiary alicyclic amines) is 1. The van der Waals surface area contributed by atoms with Gasteiger partial charge in [0.2, 0.25) is 11.6 Å². The number of rotatable bonds is 15. The maximum Gasteiger partial charge on any atom is 0.343 e. The fraction of sp³-hybridized carbons (Fsp3) is 0.425. The minimum absolute atomic E-state index is 0.0510. The van der Waals surface area contributed by atoms with Gasteiger partial charge in [-0.05, 0) is 47.2 Å². The van der Waals surface area contributed by atoms with E-state index in [2.05, 4.69) is 43.0 Å². The second-order valence-corrected chi connectivity index (χ2v) is 15.3. The van der Waals surface area contributed by atoms with Gasteiger partial charge in [-0.3, -0.25) is 9.59 Å². The van der Waals surface area contributed by atoms with Crippen molar-refractivity contribution in [3.63, 3.8) is 0 Å². The van der Waals surface area contributed by atoms with Crippen LogP contribution in [0.25, 0.3) is 22.5 Å². The van der Waals surface area contributed by atoms with E-state index in [4.69, 9.17) is 4.74 Å². The van der Waals surface area contributed by atoms with E-state index in [0.29, 0.717) is 17.3 Å². The van der Waals surface area contributed by atoms with Crippen molar-refractivity contribution >= 4 is 29.1 Å². The van der Waals surface area contributed by atoms with Crippen LogP contribution in [-0.2, 0) is 21.4 Å². The maximum absolute atomic E-state index is 14.9. The first kappa shape index (κ1) is 37.6. The van der Waals surface area contributed by atoms with Crippen molar-refractivity contribution < 1.29 is 28.6 Å². The minimum Gasteiger partial charge on any atom is -0.494 e. The van der Waals surface area contributed by atoms with Gasteiger partial charge in [0.1, 0.15) is 11.8 Å². The second kappa shape index (κ2) is 16.6. The fourth-order valence-electron chi connectivity index (χ4n) is 5.94. The van der Waals surface area contributed by atoms with Crippen LogP contribution in [0.3, 0.4) is 0 Å². The van der Waals surface area contributed by atoms with Crippen LogP contribution in [0.5, 0.6) is 5.75 Å². The number of thiophene rings is 1. The number of benzene rings is 2. The minimum atomic E-state index is -2.51.